The first-order valence-electron chi connectivity index (χ1n) is 9.86. The van der Waals surface area contributed by atoms with Crippen LogP contribution in [0.15, 0.2) is 67.8 Å². The van der Waals surface area contributed by atoms with Gasteiger partial charge in [-0.15, -0.1) is 13.2 Å². The average molecular weight is 373 g/mol. The smallest absolute Gasteiger partial charge is 0.196 e. The highest BCUT2D eigenvalue weighted by molar-refractivity contribution is 6.30. The molecule has 2 atom stereocenters. The summed E-state index contributed by atoms with van der Waals surface area (Å²) in [6.45, 7) is 9.90. The van der Waals surface area contributed by atoms with Crippen molar-refractivity contribution >= 4 is 17.3 Å². The van der Waals surface area contributed by atoms with Crippen molar-refractivity contribution in [1.29, 1.82) is 0 Å². The SMILES string of the molecule is C=CCC(C)CCC(CC=C)Nc1cccc2c1C(=O)c1ccccc1C2=O. The van der Waals surface area contributed by atoms with Crippen LogP contribution in [0.1, 0.15) is 64.4 Å². The molecule has 0 fully saturated rings. The van der Waals surface area contributed by atoms with Gasteiger partial charge in [-0.3, -0.25) is 9.59 Å². The van der Waals surface area contributed by atoms with Gasteiger partial charge in [0.15, 0.2) is 11.6 Å². The van der Waals surface area contributed by atoms with Crippen LogP contribution in [0, 0.1) is 5.92 Å². The zero-order valence-electron chi connectivity index (χ0n) is 16.4. The maximum atomic E-state index is 13.1. The predicted molar refractivity (Wildman–Crippen MR) is 115 cm³/mol. The van der Waals surface area contributed by atoms with Gasteiger partial charge in [0.2, 0.25) is 0 Å². The summed E-state index contributed by atoms with van der Waals surface area (Å²) < 4.78 is 0. The van der Waals surface area contributed by atoms with E-state index in [9.17, 15) is 9.59 Å². The molecule has 0 heterocycles. The number of hydrogen-bond donors (Lipinski definition) is 1. The molecular weight excluding hydrogens is 346 g/mol. The van der Waals surface area contributed by atoms with Crippen molar-refractivity contribution in [2.75, 3.05) is 5.32 Å². The fourth-order valence-electron chi connectivity index (χ4n) is 3.82. The first-order chi connectivity index (χ1) is 13.6. The second-order valence-electron chi connectivity index (χ2n) is 7.50. The Kier molecular flexibility index (Phi) is 6.25. The topological polar surface area (TPSA) is 46.2 Å². The van der Waals surface area contributed by atoms with Crippen LogP contribution >= 0.6 is 0 Å². The van der Waals surface area contributed by atoms with Gasteiger partial charge in [-0.05, 0) is 37.7 Å². The summed E-state index contributed by atoms with van der Waals surface area (Å²) in [7, 11) is 0. The molecular formula is C25H27NO2. The van der Waals surface area contributed by atoms with E-state index >= 15 is 0 Å². The number of rotatable bonds is 9. The fraction of sp³-hybridized carbons (Fsp3) is 0.280. The third kappa shape index (κ3) is 3.99. The summed E-state index contributed by atoms with van der Waals surface area (Å²) >= 11 is 0. The molecule has 144 valence electrons. The van der Waals surface area contributed by atoms with Crippen LogP contribution in [0.5, 0.6) is 0 Å². The van der Waals surface area contributed by atoms with Gasteiger partial charge in [-0.25, -0.2) is 0 Å². The number of hydrogen-bond acceptors (Lipinski definition) is 3. The number of anilines is 1. The van der Waals surface area contributed by atoms with Gasteiger partial charge in [0.1, 0.15) is 0 Å². The van der Waals surface area contributed by atoms with Crippen molar-refractivity contribution in [2.45, 2.75) is 38.6 Å². The van der Waals surface area contributed by atoms with E-state index in [2.05, 4.69) is 25.4 Å². The van der Waals surface area contributed by atoms with Crippen LogP contribution in [0.4, 0.5) is 5.69 Å². The molecule has 3 nitrogen and oxygen atoms in total. The zero-order valence-corrected chi connectivity index (χ0v) is 16.4. The summed E-state index contributed by atoms with van der Waals surface area (Å²) in [6, 6.07) is 12.7. The summed E-state index contributed by atoms with van der Waals surface area (Å²) in [5.41, 5.74) is 2.66. The molecule has 0 amide bonds. The molecule has 0 saturated carbocycles. The van der Waals surface area contributed by atoms with Crippen LogP contribution in [-0.4, -0.2) is 17.6 Å². The normalized spacial score (nSPS) is 14.6. The third-order valence-corrected chi connectivity index (χ3v) is 5.34. The van der Waals surface area contributed by atoms with Gasteiger partial charge >= 0.3 is 0 Å². The Bertz CT molecular complexity index is 913. The number of nitrogens with one attached hydrogen (secondary N) is 1. The van der Waals surface area contributed by atoms with Crippen LogP contribution in [0.25, 0.3) is 0 Å². The molecule has 1 N–H and O–H groups in total. The number of ketones is 2. The van der Waals surface area contributed by atoms with Crippen molar-refractivity contribution in [3.8, 4) is 0 Å². The van der Waals surface area contributed by atoms with Crippen LogP contribution in [0.3, 0.4) is 0 Å². The van der Waals surface area contributed by atoms with Gasteiger partial charge in [-0.1, -0.05) is 55.5 Å². The Morgan fingerprint density at radius 2 is 1.50 bits per heavy atom. The molecule has 2 aromatic carbocycles. The second-order valence-corrected chi connectivity index (χ2v) is 7.50. The van der Waals surface area contributed by atoms with Gasteiger partial charge in [0.05, 0.1) is 5.56 Å². The summed E-state index contributed by atoms with van der Waals surface area (Å²) in [6.07, 6.45) is 7.66. The van der Waals surface area contributed by atoms with Gasteiger partial charge in [-0.2, -0.15) is 0 Å². The first kappa shape index (κ1) is 19.8. The number of benzene rings is 2. The summed E-state index contributed by atoms with van der Waals surface area (Å²) in [4.78, 5) is 26.0. The van der Waals surface area contributed by atoms with E-state index in [-0.39, 0.29) is 17.6 Å². The maximum Gasteiger partial charge on any atom is 0.196 e. The Hall–Kier alpha value is -2.94. The zero-order chi connectivity index (χ0) is 20.1. The fourth-order valence-corrected chi connectivity index (χ4v) is 3.82. The van der Waals surface area contributed by atoms with Crippen molar-refractivity contribution < 1.29 is 9.59 Å². The third-order valence-electron chi connectivity index (χ3n) is 5.34. The summed E-state index contributed by atoms with van der Waals surface area (Å²) in [5.74, 6) is 0.380. The van der Waals surface area contributed by atoms with E-state index in [0.29, 0.717) is 28.2 Å². The molecule has 3 heteroatoms. The van der Waals surface area contributed by atoms with Crippen molar-refractivity contribution in [3.05, 3.63) is 90.0 Å². The second kappa shape index (κ2) is 8.83. The maximum absolute atomic E-state index is 13.1. The molecule has 0 radical (unpaired) electrons. The van der Waals surface area contributed by atoms with Crippen LogP contribution in [-0.2, 0) is 0 Å². The first-order valence-corrected chi connectivity index (χ1v) is 9.86. The van der Waals surface area contributed by atoms with Crippen LogP contribution in [0.2, 0.25) is 0 Å². The minimum atomic E-state index is -0.0920. The Balaban J connectivity index is 1.89. The van der Waals surface area contributed by atoms with E-state index in [4.69, 9.17) is 0 Å². The molecule has 2 unspecified atom stereocenters. The quantitative estimate of drug-likeness (QED) is 0.481. The lowest BCUT2D eigenvalue weighted by molar-refractivity contribution is 0.0979. The van der Waals surface area contributed by atoms with Crippen molar-refractivity contribution in [2.24, 2.45) is 5.92 Å². The molecule has 0 spiro atoms. The van der Waals surface area contributed by atoms with E-state index in [1.54, 1.807) is 30.3 Å². The largest absolute Gasteiger partial charge is 0.381 e. The van der Waals surface area contributed by atoms with Gasteiger partial charge in [0.25, 0.3) is 0 Å². The predicted octanol–water partition coefficient (Wildman–Crippen LogP) is 5.81. The summed E-state index contributed by atoms with van der Waals surface area (Å²) in [5, 5.41) is 3.52. The monoisotopic (exact) mass is 373 g/mol. The van der Waals surface area contributed by atoms with Gasteiger partial charge in [0, 0.05) is 28.4 Å². The van der Waals surface area contributed by atoms with Crippen molar-refractivity contribution in [3.63, 3.8) is 0 Å². The molecule has 1 aliphatic rings. The molecule has 0 aliphatic heterocycles. The number of carbonyl (C=O) groups excluding carboxylic acids is 2. The van der Waals surface area contributed by atoms with E-state index in [1.165, 1.54) is 0 Å². The minimum absolute atomic E-state index is 0.0891. The Labute approximate surface area is 167 Å². The van der Waals surface area contributed by atoms with E-state index in [1.807, 2.05) is 24.3 Å². The standard InChI is InChI=1S/C25H27NO2/c1-4-9-17(3)15-16-18(10-5-2)26-22-14-8-13-21-23(22)25(28)20-12-7-6-11-19(20)24(21)27/h4-8,11-14,17-18,26H,1-2,9-10,15-16H2,3H3. The Morgan fingerprint density at radius 3 is 2.18 bits per heavy atom. The van der Waals surface area contributed by atoms with E-state index in [0.717, 1.165) is 31.4 Å². The lowest BCUT2D eigenvalue weighted by Gasteiger charge is -2.25. The average Bonchev–Trinajstić information content (AvgIpc) is 2.70. The van der Waals surface area contributed by atoms with E-state index < -0.39 is 0 Å². The number of carbonyl (C=O) groups is 2. The lowest BCUT2D eigenvalue weighted by Crippen LogP contribution is -2.26. The van der Waals surface area contributed by atoms with Crippen LogP contribution < -0.4 is 5.32 Å². The highest BCUT2D eigenvalue weighted by Gasteiger charge is 2.31. The lowest BCUT2D eigenvalue weighted by atomic mass is 9.83. The number of allylic oxidation sites excluding steroid dienone is 1. The molecule has 1 aliphatic carbocycles. The molecule has 0 aromatic heterocycles. The highest BCUT2D eigenvalue weighted by Crippen LogP contribution is 2.32. The molecule has 0 bridgehead atoms. The van der Waals surface area contributed by atoms with Crippen molar-refractivity contribution in [1.82, 2.24) is 0 Å². The minimum Gasteiger partial charge on any atom is -0.381 e. The molecule has 2 aromatic rings. The molecule has 0 saturated heterocycles. The Morgan fingerprint density at radius 1 is 0.857 bits per heavy atom. The number of fused-ring (bicyclic) bond motifs is 2. The highest BCUT2D eigenvalue weighted by atomic mass is 16.1. The molecule has 28 heavy (non-hydrogen) atoms. The molecule has 3 rings (SSSR count). The van der Waals surface area contributed by atoms with Gasteiger partial charge < -0.3 is 5.32 Å².